The van der Waals surface area contributed by atoms with Crippen molar-refractivity contribution in [2.24, 2.45) is 0 Å². The maximum Gasteiger partial charge on any atom is 0.273 e. The molecule has 0 atom stereocenters. The molecule has 5 nitrogen and oxygen atoms in total. The van der Waals surface area contributed by atoms with E-state index in [1.54, 1.807) is 0 Å². The van der Waals surface area contributed by atoms with Crippen LogP contribution in [-0.2, 0) is 0 Å². The highest BCUT2D eigenvalue weighted by Gasteiger charge is 2.12. The molecule has 2 aromatic carbocycles. The van der Waals surface area contributed by atoms with E-state index in [9.17, 15) is 10.1 Å². The topological polar surface area (TPSA) is 61.6 Å². The molecule has 0 N–H and O–H groups in total. The van der Waals surface area contributed by atoms with Crippen molar-refractivity contribution >= 4 is 5.69 Å². The molecule has 0 aromatic heterocycles. The summed E-state index contributed by atoms with van der Waals surface area (Å²) in [7, 11) is 1.45. The number of rotatable bonds is 4. The maximum atomic E-state index is 10.7. The van der Waals surface area contributed by atoms with E-state index in [1.165, 1.54) is 25.3 Å². The molecule has 0 saturated heterocycles. The van der Waals surface area contributed by atoms with Crippen LogP contribution in [0.3, 0.4) is 0 Å². The molecule has 2 aromatic rings. The van der Waals surface area contributed by atoms with Gasteiger partial charge in [0, 0.05) is 6.07 Å². The molecule has 5 heteroatoms. The van der Waals surface area contributed by atoms with Crippen molar-refractivity contribution in [1.29, 1.82) is 0 Å². The van der Waals surface area contributed by atoms with Crippen LogP contribution in [0.2, 0.25) is 0 Å². The molecule has 0 fully saturated rings. The Kier molecular flexibility index (Phi) is 3.66. The van der Waals surface area contributed by atoms with Gasteiger partial charge < -0.3 is 9.47 Å². The van der Waals surface area contributed by atoms with Crippen LogP contribution in [0.5, 0.6) is 17.2 Å². The van der Waals surface area contributed by atoms with Gasteiger partial charge in [-0.1, -0.05) is 12.1 Å². The third-order valence-corrected chi connectivity index (χ3v) is 2.58. The van der Waals surface area contributed by atoms with E-state index in [0.717, 1.165) is 5.56 Å². The van der Waals surface area contributed by atoms with Crippen molar-refractivity contribution in [1.82, 2.24) is 0 Å². The Balaban J connectivity index is 2.32. The fourth-order valence-electron chi connectivity index (χ4n) is 1.66. The van der Waals surface area contributed by atoms with Gasteiger partial charge in [-0.15, -0.1) is 0 Å². The third-order valence-electron chi connectivity index (χ3n) is 2.58. The fourth-order valence-corrected chi connectivity index (χ4v) is 1.66. The summed E-state index contributed by atoms with van der Waals surface area (Å²) in [6, 6.07) is 11.8. The van der Waals surface area contributed by atoms with Gasteiger partial charge in [0.05, 0.1) is 18.1 Å². The number of aryl methyl sites for hydroxylation is 1. The van der Waals surface area contributed by atoms with Gasteiger partial charge in [-0.2, -0.15) is 0 Å². The number of ether oxygens (including phenoxy) is 2. The molecular formula is C14H13NO4. The lowest BCUT2D eigenvalue weighted by Gasteiger charge is -2.10. The molecule has 0 bridgehead atoms. The molecule has 0 spiro atoms. The van der Waals surface area contributed by atoms with E-state index in [4.69, 9.17) is 9.47 Å². The van der Waals surface area contributed by atoms with Gasteiger partial charge in [0.15, 0.2) is 11.5 Å². The van der Waals surface area contributed by atoms with Crippen molar-refractivity contribution < 1.29 is 14.4 Å². The van der Waals surface area contributed by atoms with Gasteiger partial charge in [-0.05, 0) is 30.7 Å². The first-order valence-electron chi connectivity index (χ1n) is 5.67. The van der Waals surface area contributed by atoms with Crippen LogP contribution >= 0.6 is 0 Å². The zero-order chi connectivity index (χ0) is 13.8. The highest BCUT2D eigenvalue weighted by atomic mass is 16.6. The number of methoxy groups -OCH3 is 1. The molecule has 0 radical (unpaired) electrons. The van der Waals surface area contributed by atoms with Crippen LogP contribution in [0, 0.1) is 17.0 Å². The zero-order valence-electron chi connectivity index (χ0n) is 10.6. The summed E-state index contributed by atoms with van der Waals surface area (Å²) >= 11 is 0. The van der Waals surface area contributed by atoms with Crippen LogP contribution in [-0.4, -0.2) is 12.0 Å². The Bertz CT molecular complexity index is 610. The SMILES string of the molecule is COc1cc([N+](=O)[O-])ccc1Oc1cccc(C)c1. The molecule has 0 saturated carbocycles. The zero-order valence-corrected chi connectivity index (χ0v) is 10.6. The van der Waals surface area contributed by atoms with Crippen LogP contribution < -0.4 is 9.47 Å². The molecule has 0 heterocycles. The standard InChI is InChI=1S/C14H13NO4/c1-10-4-3-5-12(8-10)19-13-7-6-11(15(16)17)9-14(13)18-2/h3-9H,1-2H3. The Morgan fingerprint density at radius 2 is 1.89 bits per heavy atom. The Morgan fingerprint density at radius 1 is 1.11 bits per heavy atom. The fraction of sp³-hybridized carbons (Fsp3) is 0.143. The summed E-state index contributed by atoms with van der Waals surface area (Å²) in [5.41, 5.74) is 1.03. The van der Waals surface area contributed by atoms with Crippen molar-refractivity contribution in [3.8, 4) is 17.2 Å². The van der Waals surface area contributed by atoms with Gasteiger partial charge in [-0.25, -0.2) is 0 Å². The molecule has 98 valence electrons. The number of hydrogen-bond donors (Lipinski definition) is 0. The monoisotopic (exact) mass is 259 g/mol. The molecule has 0 aliphatic heterocycles. The first-order chi connectivity index (χ1) is 9.10. The lowest BCUT2D eigenvalue weighted by Crippen LogP contribution is -1.93. The van der Waals surface area contributed by atoms with Crippen LogP contribution in [0.15, 0.2) is 42.5 Å². The van der Waals surface area contributed by atoms with E-state index in [1.807, 2.05) is 31.2 Å². The Labute approximate surface area is 110 Å². The Hall–Kier alpha value is -2.56. The quantitative estimate of drug-likeness (QED) is 0.620. The minimum absolute atomic E-state index is 0.0338. The normalized spacial score (nSPS) is 10.0. The number of non-ortho nitro benzene ring substituents is 1. The maximum absolute atomic E-state index is 10.7. The first kappa shape index (κ1) is 12.9. The van der Waals surface area contributed by atoms with E-state index < -0.39 is 4.92 Å². The molecule has 0 aliphatic rings. The second-order valence-electron chi connectivity index (χ2n) is 4.01. The number of nitro groups is 1. The highest BCUT2D eigenvalue weighted by molar-refractivity contribution is 5.50. The van der Waals surface area contributed by atoms with Gasteiger partial charge in [0.2, 0.25) is 0 Å². The number of benzene rings is 2. The van der Waals surface area contributed by atoms with Crippen molar-refractivity contribution in [3.63, 3.8) is 0 Å². The molecule has 19 heavy (non-hydrogen) atoms. The molecular weight excluding hydrogens is 246 g/mol. The lowest BCUT2D eigenvalue weighted by molar-refractivity contribution is -0.384. The smallest absolute Gasteiger partial charge is 0.273 e. The lowest BCUT2D eigenvalue weighted by atomic mass is 10.2. The second-order valence-corrected chi connectivity index (χ2v) is 4.01. The average Bonchev–Trinajstić information content (AvgIpc) is 2.39. The van der Waals surface area contributed by atoms with Crippen molar-refractivity contribution in [2.75, 3.05) is 7.11 Å². The van der Waals surface area contributed by atoms with Crippen molar-refractivity contribution in [3.05, 3.63) is 58.1 Å². The minimum atomic E-state index is -0.473. The first-order valence-corrected chi connectivity index (χ1v) is 5.67. The highest BCUT2D eigenvalue weighted by Crippen LogP contribution is 2.34. The summed E-state index contributed by atoms with van der Waals surface area (Å²) in [5, 5.41) is 10.7. The van der Waals surface area contributed by atoms with Crippen LogP contribution in [0.1, 0.15) is 5.56 Å². The largest absolute Gasteiger partial charge is 0.493 e. The summed E-state index contributed by atoms with van der Waals surface area (Å²) < 4.78 is 10.8. The average molecular weight is 259 g/mol. The summed E-state index contributed by atoms with van der Waals surface area (Å²) in [6.45, 7) is 1.96. The van der Waals surface area contributed by atoms with E-state index in [-0.39, 0.29) is 5.69 Å². The molecule has 0 aliphatic carbocycles. The predicted molar refractivity (Wildman–Crippen MR) is 70.9 cm³/mol. The van der Waals surface area contributed by atoms with Gasteiger partial charge >= 0.3 is 0 Å². The third kappa shape index (κ3) is 3.01. The number of hydrogen-bond acceptors (Lipinski definition) is 4. The van der Waals surface area contributed by atoms with Crippen LogP contribution in [0.4, 0.5) is 5.69 Å². The van der Waals surface area contributed by atoms with Crippen molar-refractivity contribution in [2.45, 2.75) is 6.92 Å². The van der Waals surface area contributed by atoms with Gasteiger partial charge in [0.25, 0.3) is 5.69 Å². The predicted octanol–water partition coefficient (Wildman–Crippen LogP) is 3.70. The van der Waals surface area contributed by atoms with Crippen LogP contribution in [0.25, 0.3) is 0 Å². The second kappa shape index (κ2) is 5.39. The molecule has 0 unspecified atom stereocenters. The number of nitro benzene ring substituents is 1. The molecule has 0 amide bonds. The summed E-state index contributed by atoms with van der Waals surface area (Å²) in [5.74, 6) is 1.43. The van der Waals surface area contributed by atoms with Gasteiger partial charge in [0.1, 0.15) is 5.75 Å². The summed E-state index contributed by atoms with van der Waals surface area (Å²) in [4.78, 5) is 10.2. The van der Waals surface area contributed by atoms with E-state index in [2.05, 4.69) is 0 Å². The Morgan fingerprint density at radius 3 is 2.53 bits per heavy atom. The van der Waals surface area contributed by atoms with Gasteiger partial charge in [-0.3, -0.25) is 10.1 Å². The summed E-state index contributed by atoms with van der Waals surface area (Å²) in [6.07, 6.45) is 0. The van der Waals surface area contributed by atoms with E-state index >= 15 is 0 Å². The molecule has 2 rings (SSSR count). The van der Waals surface area contributed by atoms with E-state index in [0.29, 0.717) is 17.2 Å². The number of nitrogens with zero attached hydrogens (tertiary/aromatic N) is 1. The minimum Gasteiger partial charge on any atom is -0.493 e.